The van der Waals surface area contributed by atoms with Crippen LogP contribution in [0.3, 0.4) is 0 Å². The standard InChI is InChI=1S/C8H15NO4S/c1-2-3-6-4-7(6)9-14(12,13)5-8(10)11/h6-7,9H,2-5H2,1H3,(H,10,11). The van der Waals surface area contributed by atoms with Crippen LogP contribution in [0.25, 0.3) is 0 Å². The van der Waals surface area contributed by atoms with Gasteiger partial charge in [0.1, 0.15) is 0 Å². The van der Waals surface area contributed by atoms with E-state index in [1.54, 1.807) is 0 Å². The van der Waals surface area contributed by atoms with E-state index in [1.165, 1.54) is 0 Å². The number of aliphatic carboxylic acids is 1. The molecule has 1 aliphatic rings. The summed E-state index contributed by atoms with van der Waals surface area (Å²) in [5.41, 5.74) is 0. The molecule has 6 heteroatoms. The van der Waals surface area contributed by atoms with Crippen molar-refractivity contribution < 1.29 is 18.3 Å². The van der Waals surface area contributed by atoms with Crippen LogP contribution in [0.2, 0.25) is 0 Å². The van der Waals surface area contributed by atoms with Gasteiger partial charge in [-0.2, -0.15) is 0 Å². The summed E-state index contributed by atoms with van der Waals surface area (Å²) in [7, 11) is -3.62. The fourth-order valence-corrected chi connectivity index (χ4v) is 2.68. The molecule has 82 valence electrons. The molecule has 1 aliphatic carbocycles. The maximum absolute atomic E-state index is 11.1. The van der Waals surface area contributed by atoms with Gasteiger partial charge in [0.05, 0.1) is 0 Å². The summed E-state index contributed by atoms with van der Waals surface area (Å²) in [6, 6.07) is -0.0284. The van der Waals surface area contributed by atoms with Crippen molar-refractivity contribution in [1.82, 2.24) is 4.72 Å². The van der Waals surface area contributed by atoms with E-state index in [0.717, 1.165) is 19.3 Å². The fraction of sp³-hybridized carbons (Fsp3) is 0.875. The second kappa shape index (κ2) is 4.27. The Morgan fingerprint density at radius 1 is 1.57 bits per heavy atom. The molecule has 1 rings (SSSR count). The van der Waals surface area contributed by atoms with E-state index >= 15 is 0 Å². The predicted octanol–water partition coefficient (Wildman–Crippen LogP) is 0.179. The fourth-order valence-electron chi connectivity index (χ4n) is 1.52. The number of hydrogen-bond acceptors (Lipinski definition) is 3. The molecule has 1 saturated carbocycles. The molecule has 2 atom stereocenters. The quantitative estimate of drug-likeness (QED) is 0.670. The highest BCUT2D eigenvalue weighted by atomic mass is 32.2. The average molecular weight is 221 g/mol. The molecule has 0 heterocycles. The maximum Gasteiger partial charge on any atom is 0.320 e. The van der Waals surface area contributed by atoms with Crippen molar-refractivity contribution in [3.63, 3.8) is 0 Å². The number of nitrogens with one attached hydrogen (secondary N) is 1. The third-order valence-electron chi connectivity index (χ3n) is 2.23. The summed E-state index contributed by atoms with van der Waals surface area (Å²) in [5, 5.41) is 8.33. The third kappa shape index (κ3) is 3.63. The van der Waals surface area contributed by atoms with Gasteiger partial charge in [-0.05, 0) is 18.8 Å². The monoisotopic (exact) mass is 221 g/mol. The molecule has 0 aromatic heterocycles. The Balaban J connectivity index is 2.35. The lowest BCUT2D eigenvalue weighted by Crippen LogP contribution is -2.32. The normalized spacial score (nSPS) is 26.1. The van der Waals surface area contributed by atoms with Crippen LogP contribution in [0.15, 0.2) is 0 Å². The minimum atomic E-state index is -3.62. The van der Waals surface area contributed by atoms with Gasteiger partial charge in [0, 0.05) is 6.04 Å². The Morgan fingerprint density at radius 2 is 2.21 bits per heavy atom. The van der Waals surface area contributed by atoms with E-state index in [-0.39, 0.29) is 6.04 Å². The lowest BCUT2D eigenvalue weighted by Gasteiger charge is -2.02. The first kappa shape index (κ1) is 11.5. The summed E-state index contributed by atoms with van der Waals surface area (Å²) in [5.74, 6) is -1.74. The van der Waals surface area contributed by atoms with Crippen LogP contribution >= 0.6 is 0 Å². The molecule has 0 amide bonds. The van der Waals surface area contributed by atoms with Crippen LogP contribution in [0.4, 0.5) is 0 Å². The zero-order valence-electron chi connectivity index (χ0n) is 8.06. The van der Waals surface area contributed by atoms with Crippen molar-refractivity contribution >= 4 is 16.0 Å². The van der Waals surface area contributed by atoms with Gasteiger partial charge in [0.15, 0.2) is 5.75 Å². The molecule has 2 N–H and O–H groups in total. The van der Waals surface area contributed by atoms with Gasteiger partial charge >= 0.3 is 5.97 Å². The summed E-state index contributed by atoms with van der Waals surface area (Å²) in [6.45, 7) is 2.04. The first-order valence-electron chi connectivity index (χ1n) is 4.66. The predicted molar refractivity (Wildman–Crippen MR) is 51.4 cm³/mol. The van der Waals surface area contributed by atoms with Crippen LogP contribution in [-0.2, 0) is 14.8 Å². The van der Waals surface area contributed by atoms with Crippen LogP contribution in [0.5, 0.6) is 0 Å². The van der Waals surface area contributed by atoms with Crippen molar-refractivity contribution in [2.45, 2.75) is 32.2 Å². The minimum Gasteiger partial charge on any atom is -0.480 e. The lowest BCUT2D eigenvalue weighted by atomic mass is 10.2. The summed E-state index contributed by atoms with van der Waals surface area (Å²) < 4.78 is 24.7. The van der Waals surface area contributed by atoms with E-state index in [2.05, 4.69) is 4.72 Å². The number of hydrogen-bond donors (Lipinski definition) is 2. The summed E-state index contributed by atoms with van der Waals surface area (Å²) in [4.78, 5) is 10.2. The number of carboxylic acid groups (broad SMARTS) is 1. The zero-order valence-corrected chi connectivity index (χ0v) is 8.88. The van der Waals surface area contributed by atoms with E-state index in [9.17, 15) is 13.2 Å². The van der Waals surface area contributed by atoms with Crippen molar-refractivity contribution in [1.29, 1.82) is 0 Å². The molecule has 0 spiro atoms. The highest BCUT2D eigenvalue weighted by molar-refractivity contribution is 7.90. The maximum atomic E-state index is 11.1. The van der Waals surface area contributed by atoms with Crippen molar-refractivity contribution in [2.75, 3.05) is 5.75 Å². The second-order valence-electron chi connectivity index (χ2n) is 3.66. The SMILES string of the molecule is CCCC1CC1NS(=O)(=O)CC(=O)O. The first-order chi connectivity index (χ1) is 6.44. The summed E-state index contributed by atoms with van der Waals surface area (Å²) >= 11 is 0. The van der Waals surface area contributed by atoms with E-state index in [4.69, 9.17) is 5.11 Å². The molecule has 1 fully saturated rings. The van der Waals surface area contributed by atoms with Crippen molar-refractivity contribution in [3.8, 4) is 0 Å². The number of rotatable bonds is 6. The van der Waals surface area contributed by atoms with E-state index in [1.807, 2.05) is 6.92 Å². The molecule has 2 unspecified atom stereocenters. The van der Waals surface area contributed by atoms with Gasteiger partial charge in [-0.15, -0.1) is 0 Å². The van der Waals surface area contributed by atoms with Crippen LogP contribution < -0.4 is 4.72 Å². The van der Waals surface area contributed by atoms with Crippen LogP contribution in [-0.4, -0.2) is 31.3 Å². The lowest BCUT2D eigenvalue weighted by molar-refractivity contribution is -0.134. The smallest absolute Gasteiger partial charge is 0.320 e. The Hall–Kier alpha value is -0.620. The van der Waals surface area contributed by atoms with E-state index in [0.29, 0.717) is 5.92 Å². The Labute approximate surface area is 83.6 Å². The molecule has 0 aromatic rings. The van der Waals surface area contributed by atoms with Crippen molar-refractivity contribution in [2.24, 2.45) is 5.92 Å². The molecule has 5 nitrogen and oxygen atoms in total. The van der Waals surface area contributed by atoms with Gasteiger partial charge < -0.3 is 5.11 Å². The number of carboxylic acids is 1. The zero-order chi connectivity index (χ0) is 10.8. The molecular weight excluding hydrogens is 206 g/mol. The average Bonchev–Trinajstić information content (AvgIpc) is 2.63. The van der Waals surface area contributed by atoms with Crippen LogP contribution in [0, 0.1) is 5.92 Å². The van der Waals surface area contributed by atoms with Gasteiger partial charge in [-0.1, -0.05) is 13.3 Å². The molecule has 0 radical (unpaired) electrons. The molecule has 0 bridgehead atoms. The minimum absolute atomic E-state index is 0.0284. The third-order valence-corrected chi connectivity index (χ3v) is 3.52. The largest absolute Gasteiger partial charge is 0.480 e. The molecule has 14 heavy (non-hydrogen) atoms. The second-order valence-corrected chi connectivity index (χ2v) is 5.42. The van der Waals surface area contributed by atoms with Gasteiger partial charge in [-0.3, -0.25) is 4.79 Å². The molecule has 0 aliphatic heterocycles. The number of carbonyl (C=O) groups is 1. The Kier molecular flexibility index (Phi) is 3.49. The highest BCUT2D eigenvalue weighted by Gasteiger charge is 2.39. The number of sulfonamides is 1. The molecular formula is C8H15NO4S. The molecule has 0 saturated heterocycles. The van der Waals surface area contributed by atoms with Crippen molar-refractivity contribution in [3.05, 3.63) is 0 Å². The van der Waals surface area contributed by atoms with Gasteiger partial charge in [-0.25, -0.2) is 13.1 Å². The first-order valence-corrected chi connectivity index (χ1v) is 6.31. The van der Waals surface area contributed by atoms with Crippen LogP contribution in [0.1, 0.15) is 26.2 Å². The summed E-state index contributed by atoms with van der Waals surface area (Å²) in [6.07, 6.45) is 2.87. The van der Waals surface area contributed by atoms with E-state index < -0.39 is 21.7 Å². The van der Waals surface area contributed by atoms with Gasteiger partial charge in [0.25, 0.3) is 0 Å². The molecule has 0 aromatic carbocycles. The highest BCUT2D eigenvalue weighted by Crippen LogP contribution is 2.34. The Morgan fingerprint density at radius 3 is 2.71 bits per heavy atom. The topological polar surface area (TPSA) is 83.5 Å². The Bertz CT molecular complexity index is 311. The van der Waals surface area contributed by atoms with Gasteiger partial charge in [0.2, 0.25) is 10.0 Å².